The van der Waals surface area contributed by atoms with Crippen molar-refractivity contribution in [3.63, 3.8) is 0 Å². The lowest BCUT2D eigenvalue weighted by molar-refractivity contribution is -0.122. The predicted octanol–water partition coefficient (Wildman–Crippen LogP) is 3.85. The zero-order chi connectivity index (χ0) is 18.0. The second-order valence-corrected chi connectivity index (χ2v) is 7.33. The Kier molecular flexibility index (Phi) is 4.99. The zero-order valence-electron chi connectivity index (χ0n) is 14.8. The fraction of sp³-hybridized carbons (Fsp3) is 0.316. The van der Waals surface area contributed by atoms with Crippen LogP contribution in [0, 0.1) is 12.8 Å². The Morgan fingerprint density at radius 2 is 1.88 bits per heavy atom. The topological polar surface area (TPSA) is 66.9 Å². The summed E-state index contributed by atoms with van der Waals surface area (Å²) in [5.74, 6) is 1.49. The standard InChI is InChI=1S/C19H22N4OS/c1-11(2)16(18(24)20-4)23-17-14-10-15(13-8-6-5-7-9-13)25-19(14)22-12(3)21-17/h5-11,16H,1-4H3,(H,20,24)(H,21,22,23). The van der Waals surface area contributed by atoms with Crippen molar-refractivity contribution in [2.45, 2.75) is 26.8 Å². The van der Waals surface area contributed by atoms with Crippen LogP contribution in [0.1, 0.15) is 19.7 Å². The summed E-state index contributed by atoms with van der Waals surface area (Å²) in [6.45, 7) is 5.90. The van der Waals surface area contributed by atoms with Gasteiger partial charge in [-0.05, 0) is 24.5 Å². The van der Waals surface area contributed by atoms with Crippen molar-refractivity contribution in [2.75, 3.05) is 12.4 Å². The second kappa shape index (κ2) is 7.19. The van der Waals surface area contributed by atoms with E-state index in [2.05, 4.69) is 38.8 Å². The number of benzene rings is 1. The second-order valence-electron chi connectivity index (χ2n) is 6.30. The van der Waals surface area contributed by atoms with Crippen molar-refractivity contribution in [2.24, 2.45) is 5.92 Å². The summed E-state index contributed by atoms with van der Waals surface area (Å²) >= 11 is 1.64. The summed E-state index contributed by atoms with van der Waals surface area (Å²) in [4.78, 5) is 23.4. The highest BCUT2D eigenvalue weighted by Gasteiger charge is 2.23. The van der Waals surface area contributed by atoms with Crippen LogP contribution >= 0.6 is 11.3 Å². The van der Waals surface area contributed by atoms with Gasteiger partial charge in [0.25, 0.3) is 0 Å². The average Bonchev–Trinajstić information content (AvgIpc) is 3.03. The van der Waals surface area contributed by atoms with Crippen molar-refractivity contribution >= 4 is 33.3 Å². The maximum absolute atomic E-state index is 12.2. The molecule has 130 valence electrons. The summed E-state index contributed by atoms with van der Waals surface area (Å²) in [5.41, 5.74) is 1.15. The van der Waals surface area contributed by atoms with Crippen LogP contribution in [0.5, 0.6) is 0 Å². The van der Waals surface area contributed by atoms with Crippen LogP contribution in [0.2, 0.25) is 0 Å². The molecule has 0 radical (unpaired) electrons. The number of carbonyl (C=O) groups excluding carboxylic acids is 1. The number of hydrogen-bond acceptors (Lipinski definition) is 5. The number of carbonyl (C=O) groups is 1. The molecular formula is C19H22N4OS. The van der Waals surface area contributed by atoms with E-state index in [4.69, 9.17) is 0 Å². The number of amides is 1. The summed E-state index contributed by atoms with van der Waals surface area (Å²) in [7, 11) is 1.65. The van der Waals surface area contributed by atoms with E-state index >= 15 is 0 Å². The first kappa shape index (κ1) is 17.4. The first-order chi connectivity index (χ1) is 12.0. The number of rotatable bonds is 5. The molecule has 0 aliphatic heterocycles. The van der Waals surface area contributed by atoms with Crippen LogP contribution in [0.25, 0.3) is 20.7 Å². The van der Waals surface area contributed by atoms with E-state index in [0.29, 0.717) is 11.6 Å². The molecule has 3 aromatic rings. The average molecular weight is 354 g/mol. The number of nitrogens with one attached hydrogen (secondary N) is 2. The third kappa shape index (κ3) is 3.64. The van der Waals surface area contributed by atoms with Crippen molar-refractivity contribution in [1.82, 2.24) is 15.3 Å². The van der Waals surface area contributed by atoms with Crippen LogP contribution in [0.15, 0.2) is 36.4 Å². The fourth-order valence-corrected chi connectivity index (χ4v) is 3.80. The van der Waals surface area contributed by atoms with E-state index < -0.39 is 0 Å². The Morgan fingerprint density at radius 3 is 2.52 bits per heavy atom. The number of aromatic nitrogens is 2. The van der Waals surface area contributed by atoms with Crippen LogP contribution in [0.3, 0.4) is 0 Å². The molecule has 0 saturated heterocycles. The molecule has 3 rings (SSSR count). The van der Waals surface area contributed by atoms with Crippen LogP contribution in [-0.2, 0) is 4.79 Å². The number of likely N-dealkylation sites (N-methyl/N-ethyl adjacent to an activating group) is 1. The van der Waals surface area contributed by atoms with Gasteiger partial charge in [0.1, 0.15) is 22.5 Å². The molecule has 0 aliphatic carbocycles. The molecular weight excluding hydrogens is 332 g/mol. The Balaban J connectivity index is 2.05. The molecule has 0 saturated carbocycles. The molecule has 1 atom stereocenters. The normalized spacial score (nSPS) is 12.4. The van der Waals surface area contributed by atoms with Crippen LogP contribution < -0.4 is 10.6 Å². The Morgan fingerprint density at radius 1 is 1.16 bits per heavy atom. The molecule has 2 heterocycles. The number of hydrogen-bond donors (Lipinski definition) is 2. The van der Waals surface area contributed by atoms with Crippen molar-refractivity contribution in [3.05, 3.63) is 42.2 Å². The van der Waals surface area contributed by atoms with Gasteiger partial charge in [-0.25, -0.2) is 9.97 Å². The maximum Gasteiger partial charge on any atom is 0.242 e. The first-order valence-corrected chi connectivity index (χ1v) is 9.13. The van der Waals surface area contributed by atoms with Gasteiger partial charge < -0.3 is 10.6 Å². The third-order valence-electron chi connectivity index (χ3n) is 4.05. The fourth-order valence-electron chi connectivity index (χ4n) is 2.72. The highest BCUT2D eigenvalue weighted by atomic mass is 32.1. The third-order valence-corrected chi connectivity index (χ3v) is 5.13. The van der Waals surface area contributed by atoms with Crippen LogP contribution in [-0.4, -0.2) is 29.0 Å². The summed E-state index contributed by atoms with van der Waals surface area (Å²) in [6.07, 6.45) is 0. The molecule has 0 aliphatic rings. The molecule has 1 unspecified atom stereocenters. The highest BCUT2D eigenvalue weighted by Crippen LogP contribution is 2.35. The van der Waals surface area contributed by atoms with E-state index in [1.165, 1.54) is 0 Å². The molecule has 1 amide bonds. The summed E-state index contributed by atoms with van der Waals surface area (Å²) in [6, 6.07) is 12.0. The molecule has 25 heavy (non-hydrogen) atoms. The van der Waals surface area contributed by atoms with Gasteiger partial charge >= 0.3 is 0 Å². The van der Waals surface area contributed by atoms with Gasteiger partial charge in [0.2, 0.25) is 5.91 Å². The molecule has 0 bridgehead atoms. The molecule has 2 aromatic heterocycles. The predicted molar refractivity (Wildman–Crippen MR) is 104 cm³/mol. The lowest BCUT2D eigenvalue weighted by atomic mass is 10.0. The number of anilines is 1. The molecule has 0 fully saturated rings. The number of fused-ring (bicyclic) bond motifs is 1. The quantitative estimate of drug-likeness (QED) is 0.730. The minimum absolute atomic E-state index is 0.0436. The molecule has 6 heteroatoms. The van der Waals surface area contributed by atoms with Crippen molar-refractivity contribution in [3.8, 4) is 10.4 Å². The number of aryl methyl sites for hydroxylation is 1. The van der Waals surface area contributed by atoms with E-state index in [-0.39, 0.29) is 17.9 Å². The lowest BCUT2D eigenvalue weighted by Crippen LogP contribution is -2.41. The van der Waals surface area contributed by atoms with Gasteiger partial charge in [-0.3, -0.25) is 4.79 Å². The first-order valence-electron chi connectivity index (χ1n) is 8.31. The van der Waals surface area contributed by atoms with Gasteiger partial charge in [-0.2, -0.15) is 0 Å². The van der Waals surface area contributed by atoms with E-state index in [0.717, 1.165) is 20.7 Å². The highest BCUT2D eigenvalue weighted by molar-refractivity contribution is 7.21. The summed E-state index contributed by atoms with van der Waals surface area (Å²) in [5, 5.41) is 6.99. The van der Waals surface area contributed by atoms with E-state index in [9.17, 15) is 4.79 Å². The Labute approximate surface area is 151 Å². The minimum Gasteiger partial charge on any atom is -0.358 e. The summed E-state index contributed by atoms with van der Waals surface area (Å²) < 4.78 is 0. The molecule has 2 N–H and O–H groups in total. The largest absolute Gasteiger partial charge is 0.358 e. The molecule has 5 nitrogen and oxygen atoms in total. The monoisotopic (exact) mass is 354 g/mol. The van der Waals surface area contributed by atoms with E-state index in [1.807, 2.05) is 39.0 Å². The van der Waals surface area contributed by atoms with Gasteiger partial charge in [0, 0.05) is 11.9 Å². The maximum atomic E-state index is 12.2. The molecule has 0 spiro atoms. The zero-order valence-corrected chi connectivity index (χ0v) is 15.6. The lowest BCUT2D eigenvalue weighted by Gasteiger charge is -2.21. The van der Waals surface area contributed by atoms with Crippen LogP contribution in [0.4, 0.5) is 5.82 Å². The number of nitrogens with zero attached hydrogens (tertiary/aromatic N) is 2. The van der Waals surface area contributed by atoms with Crippen molar-refractivity contribution in [1.29, 1.82) is 0 Å². The number of thiophene rings is 1. The molecule has 1 aromatic carbocycles. The van der Waals surface area contributed by atoms with E-state index in [1.54, 1.807) is 18.4 Å². The SMILES string of the molecule is CNC(=O)C(Nc1nc(C)nc2sc(-c3ccccc3)cc12)C(C)C. The Hall–Kier alpha value is -2.47. The van der Waals surface area contributed by atoms with Gasteiger partial charge in [-0.1, -0.05) is 44.2 Å². The Bertz CT molecular complexity index is 889. The smallest absolute Gasteiger partial charge is 0.242 e. The minimum atomic E-state index is -0.345. The van der Waals surface area contributed by atoms with Gasteiger partial charge in [0.05, 0.1) is 5.39 Å². The van der Waals surface area contributed by atoms with Crippen molar-refractivity contribution < 1.29 is 4.79 Å². The van der Waals surface area contributed by atoms with Gasteiger partial charge in [0.15, 0.2) is 0 Å². The van der Waals surface area contributed by atoms with Gasteiger partial charge in [-0.15, -0.1) is 11.3 Å².